The van der Waals surface area contributed by atoms with E-state index in [1.54, 1.807) is 6.20 Å². The molecule has 0 amide bonds. The lowest BCUT2D eigenvalue weighted by molar-refractivity contribution is 0.574. The topological polar surface area (TPSA) is 49.8 Å². The minimum absolute atomic E-state index is 0.268. The van der Waals surface area contributed by atoms with Crippen LogP contribution in [-0.2, 0) is 0 Å². The van der Waals surface area contributed by atoms with E-state index in [1.165, 1.54) is 0 Å². The fraction of sp³-hybridized carbons (Fsp3) is 0.667. The Kier molecular flexibility index (Phi) is 6.21. The number of nitrogens with one attached hydrogen (secondary N) is 2. The number of nitrogens with zero attached hydrogens (tertiary/aromatic N) is 2. The van der Waals surface area contributed by atoms with Gasteiger partial charge >= 0.3 is 0 Å². The number of halogens is 1. The first-order valence-corrected chi connectivity index (χ1v) is 8.12. The molecule has 1 rings (SSSR count). The average Bonchev–Trinajstić information content (AvgIpc) is 2.42. The van der Waals surface area contributed by atoms with Gasteiger partial charge in [-0.15, -0.1) is 0 Å². The van der Waals surface area contributed by atoms with E-state index in [0.717, 1.165) is 29.7 Å². The Morgan fingerprint density at radius 1 is 1.39 bits per heavy atom. The second kappa shape index (κ2) is 7.19. The summed E-state index contributed by atoms with van der Waals surface area (Å²) in [6.45, 7) is 5.37. The van der Waals surface area contributed by atoms with Gasteiger partial charge in [-0.25, -0.2) is 4.98 Å². The van der Waals surface area contributed by atoms with Crippen LogP contribution < -0.4 is 10.6 Å². The highest BCUT2D eigenvalue weighted by Gasteiger charge is 2.25. The van der Waals surface area contributed by atoms with Gasteiger partial charge in [-0.1, -0.05) is 13.8 Å². The van der Waals surface area contributed by atoms with Gasteiger partial charge in [-0.3, -0.25) is 0 Å². The summed E-state index contributed by atoms with van der Waals surface area (Å²) in [4.78, 5) is 8.56. The van der Waals surface area contributed by atoms with E-state index in [9.17, 15) is 0 Å². The molecule has 1 aromatic rings. The minimum Gasteiger partial charge on any atom is -0.368 e. The lowest BCUT2D eigenvalue weighted by Crippen LogP contribution is -2.32. The summed E-state index contributed by atoms with van der Waals surface area (Å²) in [5.74, 6) is 1.47. The molecule has 0 aliphatic heterocycles. The summed E-state index contributed by atoms with van der Waals surface area (Å²) in [6, 6.07) is 0. The molecule has 6 heteroatoms. The Balaban J connectivity index is 2.78. The SMILES string of the molecule is CCC(CC)(CNc1nc(NC)ncc1Br)SC. The van der Waals surface area contributed by atoms with Gasteiger partial charge in [-0.2, -0.15) is 16.7 Å². The number of rotatable bonds is 7. The van der Waals surface area contributed by atoms with Gasteiger partial charge < -0.3 is 10.6 Å². The van der Waals surface area contributed by atoms with Gasteiger partial charge in [0.05, 0.1) is 4.47 Å². The molecule has 2 N–H and O–H groups in total. The van der Waals surface area contributed by atoms with E-state index >= 15 is 0 Å². The normalized spacial score (nSPS) is 11.4. The van der Waals surface area contributed by atoms with Crippen LogP contribution in [0.25, 0.3) is 0 Å². The van der Waals surface area contributed by atoms with Crippen LogP contribution in [0.4, 0.5) is 11.8 Å². The van der Waals surface area contributed by atoms with Crippen molar-refractivity contribution in [3.63, 3.8) is 0 Å². The smallest absolute Gasteiger partial charge is 0.224 e. The van der Waals surface area contributed by atoms with Crippen LogP contribution in [-0.4, -0.2) is 34.6 Å². The van der Waals surface area contributed by atoms with Gasteiger partial charge in [-0.05, 0) is 35.0 Å². The molecule has 0 radical (unpaired) electrons. The maximum atomic E-state index is 4.41. The molecule has 0 unspecified atom stereocenters. The predicted octanol–water partition coefficient (Wildman–Crippen LogP) is 3.61. The molecule has 0 bridgehead atoms. The molecular weight excluding hydrogens is 312 g/mol. The van der Waals surface area contributed by atoms with Crippen molar-refractivity contribution in [2.24, 2.45) is 0 Å². The summed E-state index contributed by atoms with van der Waals surface area (Å²) in [7, 11) is 1.82. The van der Waals surface area contributed by atoms with E-state index in [4.69, 9.17) is 0 Å². The highest BCUT2D eigenvalue weighted by molar-refractivity contribution is 9.10. The maximum absolute atomic E-state index is 4.41. The Morgan fingerprint density at radius 2 is 2.06 bits per heavy atom. The van der Waals surface area contributed by atoms with Crippen LogP contribution >= 0.6 is 27.7 Å². The number of hydrogen-bond acceptors (Lipinski definition) is 5. The molecule has 0 saturated carbocycles. The van der Waals surface area contributed by atoms with E-state index in [0.29, 0.717) is 5.95 Å². The van der Waals surface area contributed by atoms with Gasteiger partial charge in [0, 0.05) is 24.5 Å². The van der Waals surface area contributed by atoms with E-state index < -0.39 is 0 Å². The van der Waals surface area contributed by atoms with Gasteiger partial charge in [0.2, 0.25) is 5.95 Å². The van der Waals surface area contributed by atoms with Crippen LogP contribution in [0, 0.1) is 0 Å². The third-order valence-corrected chi connectivity index (χ3v) is 5.44. The standard InChI is InChI=1S/C12H21BrN4S/c1-5-12(6-2,18-4)8-16-10-9(13)7-15-11(14-3)17-10/h7H,5-6,8H2,1-4H3,(H2,14,15,16,17). The lowest BCUT2D eigenvalue weighted by Gasteiger charge is -2.30. The van der Waals surface area contributed by atoms with E-state index in [1.807, 2.05) is 18.8 Å². The van der Waals surface area contributed by atoms with E-state index in [2.05, 4.69) is 56.6 Å². The molecule has 4 nitrogen and oxygen atoms in total. The molecule has 0 aliphatic rings. The first kappa shape index (κ1) is 15.6. The first-order chi connectivity index (χ1) is 8.60. The molecule has 0 aromatic carbocycles. The summed E-state index contributed by atoms with van der Waals surface area (Å²) in [5.41, 5.74) is 0. The van der Waals surface area contributed by atoms with Crippen molar-refractivity contribution in [1.29, 1.82) is 0 Å². The third-order valence-electron chi connectivity index (χ3n) is 3.27. The van der Waals surface area contributed by atoms with Crippen molar-refractivity contribution >= 4 is 39.5 Å². The second-order valence-corrected chi connectivity index (χ2v) is 6.22. The zero-order valence-electron chi connectivity index (χ0n) is 11.4. The van der Waals surface area contributed by atoms with Gasteiger partial charge in [0.1, 0.15) is 5.82 Å². The van der Waals surface area contributed by atoms with Crippen molar-refractivity contribution in [2.75, 3.05) is 30.5 Å². The number of hydrogen-bond donors (Lipinski definition) is 2. The molecule has 1 aromatic heterocycles. The fourth-order valence-corrected chi connectivity index (χ4v) is 2.84. The number of aromatic nitrogens is 2. The molecule has 0 aliphatic carbocycles. The van der Waals surface area contributed by atoms with Gasteiger partial charge in [0.25, 0.3) is 0 Å². The fourth-order valence-electron chi connectivity index (χ4n) is 1.72. The van der Waals surface area contributed by atoms with Crippen molar-refractivity contribution in [1.82, 2.24) is 9.97 Å². The van der Waals surface area contributed by atoms with Crippen LogP contribution in [0.1, 0.15) is 26.7 Å². The van der Waals surface area contributed by atoms with Crippen molar-refractivity contribution < 1.29 is 0 Å². The molecule has 0 atom stereocenters. The van der Waals surface area contributed by atoms with Crippen molar-refractivity contribution in [2.45, 2.75) is 31.4 Å². The molecule has 0 saturated heterocycles. The predicted molar refractivity (Wildman–Crippen MR) is 84.6 cm³/mol. The summed E-state index contributed by atoms with van der Waals surface area (Å²) >= 11 is 5.39. The van der Waals surface area contributed by atoms with Crippen LogP contribution in [0.3, 0.4) is 0 Å². The maximum Gasteiger partial charge on any atom is 0.224 e. The zero-order chi connectivity index (χ0) is 13.6. The molecule has 18 heavy (non-hydrogen) atoms. The molecule has 0 fully saturated rings. The lowest BCUT2D eigenvalue weighted by atomic mass is 10.0. The Hall–Kier alpha value is -0.490. The van der Waals surface area contributed by atoms with E-state index in [-0.39, 0.29) is 4.75 Å². The van der Waals surface area contributed by atoms with Crippen LogP contribution in [0.15, 0.2) is 10.7 Å². The van der Waals surface area contributed by atoms with Crippen LogP contribution in [0.2, 0.25) is 0 Å². The molecular formula is C12H21BrN4S. The Bertz CT molecular complexity index is 374. The minimum atomic E-state index is 0.268. The molecule has 102 valence electrons. The number of anilines is 2. The number of thioether (sulfide) groups is 1. The Morgan fingerprint density at radius 3 is 2.56 bits per heavy atom. The van der Waals surface area contributed by atoms with Crippen LogP contribution in [0.5, 0.6) is 0 Å². The summed E-state index contributed by atoms with van der Waals surface area (Å²) in [6.07, 6.45) is 6.21. The average molecular weight is 333 g/mol. The summed E-state index contributed by atoms with van der Waals surface area (Å²) in [5, 5.41) is 6.37. The van der Waals surface area contributed by atoms with Crippen molar-refractivity contribution in [3.05, 3.63) is 10.7 Å². The highest BCUT2D eigenvalue weighted by atomic mass is 79.9. The zero-order valence-corrected chi connectivity index (χ0v) is 13.8. The first-order valence-electron chi connectivity index (χ1n) is 6.10. The quantitative estimate of drug-likeness (QED) is 0.798. The largest absolute Gasteiger partial charge is 0.368 e. The third kappa shape index (κ3) is 3.75. The monoisotopic (exact) mass is 332 g/mol. The molecule has 1 heterocycles. The van der Waals surface area contributed by atoms with Gasteiger partial charge in [0.15, 0.2) is 0 Å². The Labute approximate surface area is 122 Å². The van der Waals surface area contributed by atoms with Crippen molar-refractivity contribution in [3.8, 4) is 0 Å². The highest BCUT2D eigenvalue weighted by Crippen LogP contribution is 2.31. The molecule has 0 spiro atoms. The second-order valence-electron chi connectivity index (χ2n) is 4.09. The summed E-state index contributed by atoms with van der Waals surface area (Å²) < 4.78 is 1.16.